The van der Waals surface area contributed by atoms with Crippen LogP contribution in [0, 0.1) is 22.7 Å². The number of carbonyl (C=O) groups is 2. The molecule has 0 bridgehead atoms. The summed E-state index contributed by atoms with van der Waals surface area (Å²) in [7, 11) is 0. The minimum atomic E-state index is -0.778. The van der Waals surface area contributed by atoms with Gasteiger partial charge in [-0.25, -0.2) is 9.59 Å². The molecule has 2 aliphatic carbocycles. The molecule has 1 saturated carbocycles. The van der Waals surface area contributed by atoms with E-state index in [0.29, 0.717) is 29.9 Å². The number of carbonyl (C=O) groups excluding carboxylic acids is 2. The van der Waals surface area contributed by atoms with E-state index >= 15 is 0 Å². The Morgan fingerprint density at radius 3 is 2.60 bits per heavy atom. The lowest BCUT2D eigenvalue weighted by Crippen LogP contribution is -2.59. The van der Waals surface area contributed by atoms with Crippen LogP contribution >= 0.6 is 0 Å². The van der Waals surface area contributed by atoms with Crippen molar-refractivity contribution in [1.82, 2.24) is 0 Å². The normalized spacial score (nSPS) is 28.3. The number of esters is 1. The lowest BCUT2D eigenvalue weighted by atomic mass is 9.47. The van der Waals surface area contributed by atoms with Gasteiger partial charge in [-0.2, -0.15) is 0 Å². The van der Waals surface area contributed by atoms with E-state index in [2.05, 4.69) is 19.9 Å². The zero-order valence-electron chi connectivity index (χ0n) is 21.3. The summed E-state index contributed by atoms with van der Waals surface area (Å²) in [6.07, 6.45) is 4.29. The number of ketones is 1. The number of hydrogen-bond donors (Lipinski definition) is 0. The second kappa shape index (κ2) is 9.14. The van der Waals surface area contributed by atoms with Crippen molar-refractivity contribution in [3.8, 4) is 5.75 Å². The summed E-state index contributed by atoms with van der Waals surface area (Å²) in [5.41, 5.74) is 0.888. The van der Waals surface area contributed by atoms with Gasteiger partial charge in [-0.1, -0.05) is 38.5 Å². The van der Waals surface area contributed by atoms with Gasteiger partial charge in [-0.15, -0.1) is 0 Å². The predicted octanol–water partition coefficient (Wildman–Crippen LogP) is 5.64. The Balaban J connectivity index is 1.59. The summed E-state index contributed by atoms with van der Waals surface area (Å²) in [5.74, 6) is 0.270. The van der Waals surface area contributed by atoms with Gasteiger partial charge in [-0.3, -0.25) is 4.79 Å². The van der Waals surface area contributed by atoms with Crippen LogP contribution in [0.1, 0.15) is 54.4 Å². The van der Waals surface area contributed by atoms with Gasteiger partial charge in [-0.05, 0) is 56.7 Å². The fourth-order valence-electron chi connectivity index (χ4n) is 6.11. The van der Waals surface area contributed by atoms with Crippen LogP contribution in [0.4, 0.5) is 0 Å². The van der Waals surface area contributed by atoms with Gasteiger partial charge in [0.25, 0.3) is 0 Å². The van der Waals surface area contributed by atoms with Gasteiger partial charge in [0, 0.05) is 40.8 Å². The van der Waals surface area contributed by atoms with Gasteiger partial charge in [0.2, 0.25) is 0 Å². The molecule has 1 heterocycles. The number of Topliss-reactive ketones (excluding diaryl/α,β-unsaturated/α-hetero) is 1. The van der Waals surface area contributed by atoms with Crippen LogP contribution in [0.2, 0.25) is 0 Å². The maximum absolute atomic E-state index is 13.4. The monoisotopic (exact) mass is 478 g/mol. The highest BCUT2D eigenvalue weighted by Crippen LogP contribution is 2.59. The van der Waals surface area contributed by atoms with E-state index in [1.807, 2.05) is 26.0 Å². The molecule has 2 aliphatic rings. The summed E-state index contributed by atoms with van der Waals surface area (Å²) >= 11 is 0. The van der Waals surface area contributed by atoms with Gasteiger partial charge >= 0.3 is 11.6 Å². The molecule has 186 valence electrons. The molecule has 1 aromatic heterocycles. The largest absolute Gasteiger partial charge is 0.493 e. The minimum absolute atomic E-state index is 0.0110. The summed E-state index contributed by atoms with van der Waals surface area (Å²) in [5, 5.41) is 0.825. The average Bonchev–Trinajstić information content (AvgIpc) is 2.80. The molecule has 1 aromatic carbocycles. The number of hydrogen-bond acceptors (Lipinski definition) is 6. The SMILES string of the molecule is CC=C(C)C(=O)O[C@@H]1C(=O)C[C@@]2(C)[C@H](COc3ccc4ccc(=O)oc4c3)C(C)=CC[C@@H]2C1(C)C. The molecule has 35 heavy (non-hydrogen) atoms. The van der Waals surface area contributed by atoms with Crippen LogP contribution in [-0.2, 0) is 14.3 Å². The molecule has 0 N–H and O–H groups in total. The predicted molar refractivity (Wildman–Crippen MR) is 134 cm³/mol. The van der Waals surface area contributed by atoms with Crippen LogP contribution in [0.5, 0.6) is 5.75 Å². The summed E-state index contributed by atoms with van der Waals surface area (Å²) in [4.78, 5) is 37.5. The number of ether oxygens (including phenoxy) is 2. The summed E-state index contributed by atoms with van der Waals surface area (Å²) in [6.45, 7) is 12.2. The Kier molecular flexibility index (Phi) is 6.52. The summed E-state index contributed by atoms with van der Waals surface area (Å²) < 4.78 is 17.3. The van der Waals surface area contributed by atoms with Crippen LogP contribution in [-0.4, -0.2) is 24.5 Å². The standard InChI is InChI=1S/C29H34O6/c1-7-17(2)27(32)35-26-22(30)15-29(6)21(18(3)8-12-24(29)28(26,4)5)16-33-20-11-9-19-10-13-25(31)34-23(19)14-20/h7-11,13-14,21,24,26H,12,15-16H2,1-6H3/t21-,24-,26-,29+/m1/s1. The van der Waals surface area contributed by atoms with Gasteiger partial charge < -0.3 is 13.9 Å². The third-order valence-corrected chi connectivity index (χ3v) is 8.23. The van der Waals surface area contributed by atoms with E-state index in [9.17, 15) is 14.4 Å². The zero-order valence-corrected chi connectivity index (χ0v) is 21.3. The lowest BCUT2D eigenvalue weighted by molar-refractivity contribution is -0.179. The van der Waals surface area contributed by atoms with Gasteiger partial charge in [0.05, 0.1) is 6.61 Å². The van der Waals surface area contributed by atoms with Crippen molar-refractivity contribution in [2.45, 2.75) is 60.5 Å². The Morgan fingerprint density at radius 2 is 1.89 bits per heavy atom. The molecule has 0 amide bonds. The molecule has 4 atom stereocenters. The highest BCUT2D eigenvalue weighted by molar-refractivity contribution is 5.93. The Bertz CT molecular complexity index is 1280. The van der Waals surface area contributed by atoms with E-state index in [1.54, 1.807) is 32.1 Å². The molecule has 6 heteroatoms. The fraction of sp³-hybridized carbons (Fsp3) is 0.483. The smallest absolute Gasteiger partial charge is 0.336 e. The molecule has 0 unspecified atom stereocenters. The molecule has 0 aliphatic heterocycles. The molecule has 0 radical (unpaired) electrons. The van der Waals surface area contributed by atoms with E-state index in [1.165, 1.54) is 11.6 Å². The van der Waals surface area contributed by atoms with Crippen LogP contribution < -0.4 is 10.4 Å². The number of allylic oxidation sites excluding steroid dienone is 2. The van der Waals surface area contributed by atoms with Crippen LogP contribution in [0.15, 0.2) is 62.8 Å². The second-order valence-corrected chi connectivity index (χ2v) is 10.8. The molecule has 2 aromatic rings. The van der Waals surface area contributed by atoms with Crippen molar-refractivity contribution in [3.05, 3.63) is 64.1 Å². The van der Waals surface area contributed by atoms with Crippen molar-refractivity contribution >= 4 is 22.7 Å². The Morgan fingerprint density at radius 1 is 1.17 bits per heavy atom. The maximum Gasteiger partial charge on any atom is 0.336 e. The van der Waals surface area contributed by atoms with Crippen LogP contribution in [0.3, 0.4) is 0 Å². The number of benzene rings is 1. The first-order valence-corrected chi connectivity index (χ1v) is 12.2. The molecule has 0 saturated heterocycles. The zero-order chi connectivity index (χ0) is 25.5. The van der Waals surface area contributed by atoms with E-state index in [-0.39, 0.29) is 23.0 Å². The molecular formula is C29H34O6. The molecule has 6 nitrogen and oxygen atoms in total. The van der Waals surface area contributed by atoms with Crippen molar-refractivity contribution < 1.29 is 23.5 Å². The van der Waals surface area contributed by atoms with Crippen molar-refractivity contribution in [2.24, 2.45) is 22.7 Å². The van der Waals surface area contributed by atoms with Crippen molar-refractivity contribution in [2.75, 3.05) is 6.61 Å². The number of rotatable bonds is 5. The quantitative estimate of drug-likeness (QED) is 0.239. The van der Waals surface area contributed by atoms with E-state index in [4.69, 9.17) is 13.9 Å². The van der Waals surface area contributed by atoms with Gasteiger partial charge in [0.15, 0.2) is 11.9 Å². The molecule has 4 rings (SSSR count). The molecule has 0 spiro atoms. The lowest BCUT2D eigenvalue weighted by Gasteiger charge is -2.57. The third-order valence-electron chi connectivity index (χ3n) is 8.23. The van der Waals surface area contributed by atoms with Crippen molar-refractivity contribution in [1.29, 1.82) is 0 Å². The number of fused-ring (bicyclic) bond motifs is 2. The van der Waals surface area contributed by atoms with E-state index in [0.717, 1.165) is 11.8 Å². The molecule has 1 fully saturated rings. The fourth-order valence-corrected chi connectivity index (χ4v) is 6.11. The third kappa shape index (κ3) is 4.46. The first-order valence-electron chi connectivity index (χ1n) is 12.2. The Hall–Kier alpha value is -3.15. The Labute approximate surface area is 206 Å². The van der Waals surface area contributed by atoms with Crippen LogP contribution in [0.25, 0.3) is 11.0 Å². The van der Waals surface area contributed by atoms with Crippen molar-refractivity contribution in [3.63, 3.8) is 0 Å². The van der Waals surface area contributed by atoms with E-state index < -0.39 is 23.1 Å². The molecular weight excluding hydrogens is 444 g/mol. The highest BCUT2D eigenvalue weighted by Gasteiger charge is 2.60. The average molecular weight is 479 g/mol. The highest BCUT2D eigenvalue weighted by atomic mass is 16.5. The summed E-state index contributed by atoms with van der Waals surface area (Å²) in [6, 6.07) is 8.57. The maximum atomic E-state index is 13.4. The van der Waals surface area contributed by atoms with Gasteiger partial charge in [0.1, 0.15) is 11.3 Å². The minimum Gasteiger partial charge on any atom is -0.493 e. The second-order valence-electron chi connectivity index (χ2n) is 10.8. The topological polar surface area (TPSA) is 82.8 Å². The first kappa shape index (κ1) is 25.0. The first-order chi connectivity index (χ1) is 16.5.